The number of nitrogens with one attached hydrogen (secondary N) is 2. The maximum Gasteiger partial charge on any atom is 0.258 e. The lowest BCUT2D eigenvalue weighted by Crippen LogP contribution is -2.36. The summed E-state index contributed by atoms with van der Waals surface area (Å²) >= 11 is 0. The number of amides is 1. The third kappa shape index (κ3) is 5.87. The average Bonchev–Trinajstić information content (AvgIpc) is 3.30. The van der Waals surface area contributed by atoms with Gasteiger partial charge in [0.2, 0.25) is 5.96 Å². The number of rotatable bonds is 7. The summed E-state index contributed by atoms with van der Waals surface area (Å²) in [5, 5.41) is 5.99. The summed E-state index contributed by atoms with van der Waals surface area (Å²) < 4.78 is 21.4. The van der Waals surface area contributed by atoms with Crippen LogP contribution in [0.15, 0.2) is 47.5 Å². The third-order valence-electron chi connectivity index (χ3n) is 4.66. The molecule has 1 aliphatic rings. The van der Waals surface area contributed by atoms with Gasteiger partial charge in [0.25, 0.3) is 5.91 Å². The average molecular weight is 413 g/mol. The summed E-state index contributed by atoms with van der Waals surface area (Å²) in [6.45, 7) is 1.20. The Balaban J connectivity index is 1.80. The normalized spacial score (nSPS) is 16.1. The molecule has 1 fully saturated rings. The van der Waals surface area contributed by atoms with E-state index in [2.05, 4.69) is 15.6 Å². The number of carbonyl (C=O) groups excluding carboxylic acids is 1. The van der Waals surface area contributed by atoms with Gasteiger partial charge in [0.1, 0.15) is 17.2 Å². The fourth-order valence-corrected chi connectivity index (χ4v) is 3.05. The SMILES string of the molecule is COc1cccc(NC(=NC[C@@H]2CCCO2)NC(=O)c2cc(OC)cc(OC)c2)c1. The highest BCUT2D eigenvalue weighted by atomic mass is 16.5. The molecule has 2 aromatic rings. The summed E-state index contributed by atoms with van der Waals surface area (Å²) in [6.07, 6.45) is 2.03. The maximum absolute atomic E-state index is 12.9. The summed E-state index contributed by atoms with van der Waals surface area (Å²) in [5.74, 6) is 1.73. The minimum atomic E-state index is -0.339. The minimum Gasteiger partial charge on any atom is -0.497 e. The number of hydrogen-bond donors (Lipinski definition) is 2. The zero-order valence-electron chi connectivity index (χ0n) is 17.4. The van der Waals surface area contributed by atoms with Crippen LogP contribution in [0.1, 0.15) is 23.2 Å². The molecule has 1 atom stereocenters. The highest BCUT2D eigenvalue weighted by Crippen LogP contribution is 2.22. The quantitative estimate of drug-likeness (QED) is 0.536. The first-order valence-electron chi connectivity index (χ1n) is 9.73. The molecule has 2 aromatic carbocycles. The molecule has 30 heavy (non-hydrogen) atoms. The van der Waals surface area contributed by atoms with Gasteiger partial charge in [-0.3, -0.25) is 10.1 Å². The molecule has 1 amide bonds. The molecular weight excluding hydrogens is 386 g/mol. The van der Waals surface area contributed by atoms with Gasteiger partial charge in [-0.2, -0.15) is 0 Å². The van der Waals surface area contributed by atoms with Crippen molar-refractivity contribution in [3.63, 3.8) is 0 Å². The molecule has 3 rings (SSSR count). The van der Waals surface area contributed by atoms with E-state index in [9.17, 15) is 4.79 Å². The van der Waals surface area contributed by atoms with Crippen LogP contribution in [0.25, 0.3) is 0 Å². The molecule has 8 nitrogen and oxygen atoms in total. The molecule has 0 unspecified atom stereocenters. The molecule has 160 valence electrons. The van der Waals surface area contributed by atoms with Gasteiger partial charge in [0.15, 0.2) is 0 Å². The van der Waals surface area contributed by atoms with Gasteiger partial charge < -0.3 is 24.3 Å². The van der Waals surface area contributed by atoms with Gasteiger partial charge in [0, 0.05) is 30.0 Å². The Morgan fingerprint density at radius 2 is 1.80 bits per heavy atom. The number of anilines is 1. The van der Waals surface area contributed by atoms with E-state index in [0.29, 0.717) is 35.3 Å². The number of hydrogen-bond acceptors (Lipinski definition) is 6. The Labute approximate surface area is 176 Å². The number of methoxy groups -OCH3 is 3. The van der Waals surface area contributed by atoms with E-state index < -0.39 is 0 Å². The van der Waals surface area contributed by atoms with E-state index in [1.165, 1.54) is 14.2 Å². The van der Waals surface area contributed by atoms with Crippen LogP contribution in [0.4, 0.5) is 5.69 Å². The molecule has 0 aliphatic carbocycles. The second-order valence-electron chi connectivity index (χ2n) is 6.74. The van der Waals surface area contributed by atoms with Crippen LogP contribution in [0.5, 0.6) is 17.2 Å². The molecule has 0 spiro atoms. The fraction of sp³-hybridized carbons (Fsp3) is 0.364. The number of aliphatic imine (C=N–C) groups is 1. The molecule has 0 aromatic heterocycles. The predicted molar refractivity (Wildman–Crippen MR) is 115 cm³/mol. The van der Waals surface area contributed by atoms with Crippen molar-refractivity contribution in [2.45, 2.75) is 18.9 Å². The summed E-state index contributed by atoms with van der Waals surface area (Å²) in [6, 6.07) is 12.4. The topological polar surface area (TPSA) is 90.4 Å². The van der Waals surface area contributed by atoms with Gasteiger partial charge in [-0.1, -0.05) is 6.07 Å². The molecule has 0 bridgehead atoms. The molecule has 0 radical (unpaired) electrons. The number of guanidine groups is 1. The van der Waals surface area contributed by atoms with Crippen molar-refractivity contribution >= 4 is 17.6 Å². The molecule has 1 heterocycles. The van der Waals surface area contributed by atoms with Crippen LogP contribution in [0, 0.1) is 0 Å². The second-order valence-corrected chi connectivity index (χ2v) is 6.74. The van der Waals surface area contributed by atoms with Crippen molar-refractivity contribution in [2.75, 3.05) is 39.8 Å². The van der Waals surface area contributed by atoms with E-state index in [1.54, 1.807) is 25.3 Å². The van der Waals surface area contributed by atoms with Crippen LogP contribution < -0.4 is 24.8 Å². The van der Waals surface area contributed by atoms with E-state index in [0.717, 1.165) is 25.1 Å². The Hall–Kier alpha value is -3.26. The lowest BCUT2D eigenvalue weighted by Gasteiger charge is -2.14. The first-order valence-corrected chi connectivity index (χ1v) is 9.73. The molecule has 1 saturated heterocycles. The number of nitrogens with zero attached hydrogens (tertiary/aromatic N) is 1. The van der Waals surface area contributed by atoms with Crippen molar-refractivity contribution in [3.05, 3.63) is 48.0 Å². The molecule has 2 N–H and O–H groups in total. The Morgan fingerprint density at radius 1 is 1.07 bits per heavy atom. The lowest BCUT2D eigenvalue weighted by atomic mass is 10.2. The summed E-state index contributed by atoms with van der Waals surface area (Å²) in [5.41, 5.74) is 1.13. The van der Waals surface area contributed by atoms with Crippen LogP contribution >= 0.6 is 0 Å². The zero-order valence-corrected chi connectivity index (χ0v) is 17.4. The lowest BCUT2D eigenvalue weighted by molar-refractivity contribution is 0.0975. The Kier molecular flexibility index (Phi) is 7.51. The third-order valence-corrected chi connectivity index (χ3v) is 4.66. The fourth-order valence-electron chi connectivity index (χ4n) is 3.05. The zero-order chi connectivity index (χ0) is 21.3. The van der Waals surface area contributed by atoms with Gasteiger partial charge in [-0.25, -0.2) is 4.99 Å². The van der Waals surface area contributed by atoms with E-state index in [-0.39, 0.29) is 12.0 Å². The highest BCUT2D eigenvalue weighted by molar-refractivity contribution is 6.10. The van der Waals surface area contributed by atoms with Gasteiger partial charge in [-0.15, -0.1) is 0 Å². The smallest absolute Gasteiger partial charge is 0.258 e. The van der Waals surface area contributed by atoms with E-state index in [1.807, 2.05) is 24.3 Å². The molecule has 1 aliphatic heterocycles. The van der Waals surface area contributed by atoms with Crippen LogP contribution in [-0.2, 0) is 4.74 Å². The van der Waals surface area contributed by atoms with Crippen LogP contribution in [0.3, 0.4) is 0 Å². The second kappa shape index (κ2) is 10.5. The standard InChI is InChI=1S/C22H27N3O5/c1-27-17-7-4-6-16(12-17)24-22(23-14-18-8-5-9-30-18)25-21(26)15-10-19(28-2)13-20(11-15)29-3/h4,6-7,10-13,18H,5,8-9,14H2,1-3H3,(H2,23,24,25,26)/t18-/m0/s1. The van der Waals surface area contributed by atoms with Crippen molar-refractivity contribution in [1.29, 1.82) is 0 Å². The Morgan fingerprint density at radius 3 is 2.43 bits per heavy atom. The number of benzene rings is 2. The van der Waals surface area contributed by atoms with Crippen molar-refractivity contribution in [3.8, 4) is 17.2 Å². The first kappa shape index (κ1) is 21.4. The minimum absolute atomic E-state index is 0.0564. The highest BCUT2D eigenvalue weighted by Gasteiger charge is 2.17. The first-order chi connectivity index (χ1) is 14.6. The predicted octanol–water partition coefficient (Wildman–Crippen LogP) is 3.09. The van der Waals surface area contributed by atoms with Crippen LogP contribution in [0.2, 0.25) is 0 Å². The summed E-state index contributed by atoms with van der Waals surface area (Å²) in [7, 11) is 4.67. The van der Waals surface area contributed by atoms with Crippen molar-refractivity contribution in [1.82, 2.24) is 5.32 Å². The van der Waals surface area contributed by atoms with Crippen molar-refractivity contribution in [2.24, 2.45) is 4.99 Å². The monoisotopic (exact) mass is 413 g/mol. The van der Waals surface area contributed by atoms with Gasteiger partial charge in [0.05, 0.1) is 34.0 Å². The number of carbonyl (C=O) groups is 1. The van der Waals surface area contributed by atoms with E-state index >= 15 is 0 Å². The Bertz CT molecular complexity index is 872. The van der Waals surface area contributed by atoms with Crippen molar-refractivity contribution < 1.29 is 23.7 Å². The van der Waals surface area contributed by atoms with Gasteiger partial charge in [-0.05, 0) is 37.1 Å². The molecular formula is C22H27N3O5. The van der Waals surface area contributed by atoms with Crippen LogP contribution in [-0.4, -0.2) is 52.5 Å². The maximum atomic E-state index is 12.9. The van der Waals surface area contributed by atoms with Gasteiger partial charge >= 0.3 is 0 Å². The summed E-state index contributed by atoms with van der Waals surface area (Å²) in [4.78, 5) is 17.5. The molecule has 0 saturated carbocycles. The largest absolute Gasteiger partial charge is 0.497 e. The number of ether oxygens (including phenoxy) is 4. The molecule has 8 heteroatoms. The van der Waals surface area contributed by atoms with E-state index in [4.69, 9.17) is 18.9 Å².